The highest BCUT2D eigenvalue weighted by molar-refractivity contribution is 7.79. The van der Waals surface area contributed by atoms with Crippen molar-refractivity contribution in [3.63, 3.8) is 0 Å². The first kappa shape index (κ1) is 12.7. The SMILES string of the molecule is CC(C)(CC1CC1)C(=O)c1ccc(CS)cc1. The third-order valence-electron chi connectivity index (χ3n) is 3.51. The molecule has 0 radical (unpaired) electrons. The molecule has 0 N–H and O–H groups in total. The Hall–Kier alpha value is -0.760. The van der Waals surface area contributed by atoms with E-state index in [0.717, 1.165) is 29.2 Å². The second kappa shape index (κ2) is 4.85. The number of thiol groups is 1. The van der Waals surface area contributed by atoms with E-state index < -0.39 is 0 Å². The first-order valence-electron chi connectivity index (χ1n) is 6.27. The Kier molecular flexibility index (Phi) is 3.62. The molecule has 1 fully saturated rings. The van der Waals surface area contributed by atoms with Crippen LogP contribution in [0.2, 0.25) is 0 Å². The summed E-state index contributed by atoms with van der Waals surface area (Å²) in [6.07, 6.45) is 3.63. The van der Waals surface area contributed by atoms with Gasteiger partial charge < -0.3 is 0 Å². The second-order valence-corrected chi connectivity index (χ2v) is 6.03. The molecule has 0 aromatic heterocycles. The van der Waals surface area contributed by atoms with Crippen molar-refractivity contribution in [1.29, 1.82) is 0 Å². The lowest BCUT2D eigenvalue weighted by molar-refractivity contribution is 0.0818. The molecule has 92 valence electrons. The second-order valence-electron chi connectivity index (χ2n) is 5.72. The molecule has 1 aromatic rings. The lowest BCUT2D eigenvalue weighted by Crippen LogP contribution is -2.25. The van der Waals surface area contributed by atoms with Gasteiger partial charge in [0.15, 0.2) is 5.78 Å². The van der Waals surface area contributed by atoms with Crippen LogP contribution < -0.4 is 0 Å². The summed E-state index contributed by atoms with van der Waals surface area (Å²) in [6, 6.07) is 7.85. The normalized spacial score (nSPS) is 15.9. The number of rotatable bonds is 5. The molecule has 1 aliphatic carbocycles. The highest BCUT2D eigenvalue weighted by Gasteiger charge is 2.35. The summed E-state index contributed by atoms with van der Waals surface area (Å²) in [7, 11) is 0. The first-order chi connectivity index (χ1) is 8.03. The quantitative estimate of drug-likeness (QED) is 0.612. The van der Waals surface area contributed by atoms with Gasteiger partial charge in [-0.05, 0) is 17.9 Å². The van der Waals surface area contributed by atoms with Gasteiger partial charge in [-0.2, -0.15) is 12.6 Å². The van der Waals surface area contributed by atoms with Crippen LogP contribution in [-0.2, 0) is 5.75 Å². The van der Waals surface area contributed by atoms with Gasteiger partial charge in [0, 0.05) is 16.7 Å². The number of benzene rings is 1. The van der Waals surface area contributed by atoms with Crippen LogP contribution in [0, 0.1) is 11.3 Å². The average Bonchev–Trinajstić information content (AvgIpc) is 3.11. The maximum Gasteiger partial charge on any atom is 0.168 e. The Balaban J connectivity index is 2.11. The molecule has 0 spiro atoms. The van der Waals surface area contributed by atoms with Crippen LogP contribution in [0.1, 0.15) is 49.0 Å². The lowest BCUT2D eigenvalue weighted by Gasteiger charge is -2.23. The minimum atomic E-state index is -0.219. The number of carbonyl (C=O) groups excluding carboxylic acids is 1. The van der Waals surface area contributed by atoms with Crippen LogP contribution in [0.25, 0.3) is 0 Å². The van der Waals surface area contributed by atoms with Gasteiger partial charge in [0.1, 0.15) is 0 Å². The smallest absolute Gasteiger partial charge is 0.168 e. The maximum absolute atomic E-state index is 12.4. The van der Waals surface area contributed by atoms with Crippen molar-refractivity contribution >= 4 is 18.4 Å². The van der Waals surface area contributed by atoms with E-state index in [2.05, 4.69) is 26.5 Å². The fraction of sp³-hybridized carbons (Fsp3) is 0.533. The van der Waals surface area contributed by atoms with E-state index in [-0.39, 0.29) is 11.2 Å². The van der Waals surface area contributed by atoms with Gasteiger partial charge in [0.25, 0.3) is 0 Å². The summed E-state index contributed by atoms with van der Waals surface area (Å²) >= 11 is 4.22. The molecule has 17 heavy (non-hydrogen) atoms. The molecule has 1 aromatic carbocycles. The molecule has 1 aliphatic rings. The number of ketones is 1. The van der Waals surface area contributed by atoms with Crippen molar-refractivity contribution in [1.82, 2.24) is 0 Å². The largest absolute Gasteiger partial charge is 0.294 e. The summed E-state index contributed by atoms with van der Waals surface area (Å²) in [4.78, 5) is 12.4. The van der Waals surface area contributed by atoms with Crippen molar-refractivity contribution in [3.05, 3.63) is 35.4 Å². The fourth-order valence-corrected chi connectivity index (χ4v) is 2.50. The number of Topliss-reactive ketones (excluding diaryl/α,β-unsaturated/α-hetero) is 1. The molecule has 0 bridgehead atoms. The molecular formula is C15H20OS. The highest BCUT2D eigenvalue weighted by atomic mass is 32.1. The topological polar surface area (TPSA) is 17.1 Å². The molecule has 1 saturated carbocycles. The molecule has 0 heterocycles. The minimum Gasteiger partial charge on any atom is -0.294 e. The van der Waals surface area contributed by atoms with Gasteiger partial charge in [0.2, 0.25) is 0 Å². The van der Waals surface area contributed by atoms with Crippen molar-refractivity contribution in [2.24, 2.45) is 11.3 Å². The summed E-state index contributed by atoms with van der Waals surface area (Å²) in [5.41, 5.74) is 1.77. The van der Waals surface area contributed by atoms with E-state index in [1.807, 2.05) is 24.3 Å². The molecule has 2 heteroatoms. The number of hydrogen-bond donors (Lipinski definition) is 1. The first-order valence-corrected chi connectivity index (χ1v) is 6.91. The predicted octanol–water partition coefficient (Wildman–Crippen LogP) is 4.13. The summed E-state index contributed by atoms with van der Waals surface area (Å²) in [5.74, 6) is 1.78. The van der Waals surface area contributed by atoms with E-state index in [0.29, 0.717) is 0 Å². The van der Waals surface area contributed by atoms with Gasteiger partial charge in [-0.15, -0.1) is 0 Å². The Bertz CT molecular complexity index is 401. The maximum atomic E-state index is 12.4. The molecule has 2 rings (SSSR count). The summed E-state index contributed by atoms with van der Waals surface area (Å²) in [6.45, 7) is 4.14. The standard InChI is InChI=1S/C15H20OS/c1-15(2,9-11-3-4-11)14(16)13-7-5-12(10-17)6-8-13/h5-8,11,17H,3-4,9-10H2,1-2H3. The van der Waals surface area contributed by atoms with Gasteiger partial charge in [-0.1, -0.05) is 51.0 Å². The molecule has 0 amide bonds. The Morgan fingerprint density at radius 3 is 2.35 bits per heavy atom. The highest BCUT2D eigenvalue weighted by Crippen LogP contribution is 2.41. The van der Waals surface area contributed by atoms with Crippen LogP contribution in [0.5, 0.6) is 0 Å². The summed E-state index contributed by atoms with van der Waals surface area (Å²) in [5, 5.41) is 0. The third kappa shape index (κ3) is 3.12. The third-order valence-corrected chi connectivity index (χ3v) is 3.87. The van der Waals surface area contributed by atoms with Crippen LogP contribution in [0.3, 0.4) is 0 Å². The zero-order valence-corrected chi connectivity index (χ0v) is 11.5. The zero-order valence-electron chi connectivity index (χ0n) is 10.6. The molecule has 0 unspecified atom stereocenters. The average molecular weight is 248 g/mol. The van der Waals surface area contributed by atoms with E-state index in [1.54, 1.807) is 0 Å². The summed E-state index contributed by atoms with van der Waals surface area (Å²) < 4.78 is 0. The lowest BCUT2D eigenvalue weighted by atomic mass is 9.79. The van der Waals surface area contributed by atoms with Gasteiger partial charge >= 0.3 is 0 Å². The van der Waals surface area contributed by atoms with E-state index in [1.165, 1.54) is 12.8 Å². The van der Waals surface area contributed by atoms with E-state index in [4.69, 9.17) is 0 Å². The van der Waals surface area contributed by atoms with Gasteiger partial charge in [-0.3, -0.25) is 4.79 Å². The van der Waals surface area contributed by atoms with Gasteiger partial charge in [-0.25, -0.2) is 0 Å². The van der Waals surface area contributed by atoms with Crippen molar-refractivity contribution < 1.29 is 4.79 Å². The van der Waals surface area contributed by atoms with Crippen LogP contribution in [0.15, 0.2) is 24.3 Å². The van der Waals surface area contributed by atoms with Crippen molar-refractivity contribution in [2.75, 3.05) is 0 Å². The number of hydrogen-bond acceptors (Lipinski definition) is 2. The van der Waals surface area contributed by atoms with E-state index in [9.17, 15) is 4.79 Å². The monoisotopic (exact) mass is 248 g/mol. The predicted molar refractivity (Wildman–Crippen MR) is 74.6 cm³/mol. The molecule has 1 nitrogen and oxygen atoms in total. The fourth-order valence-electron chi connectivity index (χ4n) is 2.29. The Morgan fingerprint density at radius 1 is 1.29 bits per heavy atom. The van der Waals surface area contributed by atoms with Crippen molar-refractivity contribution in [3.8, 4) is 0 Å². The van der Waals surface area contributed by atoms with Crippen molar-refractivity contribution in [2.45, 2.75) is 38.9 Å². The number of carbonyl (C=O) groups is 1. The zero-order chi connectivity index (χ0) is 12.5. The minimum absolute atomic E-state index is 0.219. The molecule has 0 aliphatic heterocycles. The molecule has 0 saturated heterocycles. The Morgan fingerprint density at radius 2 is 1.88 bits per heavy atom. The Labute approximate surface area is 109 Å². The molecule has 0 atom stereocenters. The van der Waals surface area contributed by atoms with Gasteiger partial charge in [0.05, 0.1) is 0 Å². The van der Waals surface area contributed by atoms with Crippen LogP contribution >= 0.6 is 12.6 Å². The van der Waals surface area contributed by atoms with Crippen LogP contribution in [-0.4, -0.2) is 5.78 Å². The van der Waals surface area contributed by atoms with Crippen LogP contribution in [0.4, 0.5) is 0 Å². The molecular weight excluding hydrogens is 228 g/mol. The van der Waals surface area contributed by atoms with E-state index >= 15 is 0 Å².